The van der Waals surface area contributed by atoms with Crippen LogP contribution in [0.2, 0.25) is 0 Å². The van der Waals surface area contributed by atoms with E-state index in [4.69, 9.17) is 0 Å². The van der Waals surface area contributed by atoms with Crippen LogP contribution in [0.5, 0.6) is 0 Å². The molecule has 136 valence electrons. The Balaban J connectivity index is 0.000000403. The van der Waals surface area contributed by atoms with Gasteiger partial charge in [0.1, 0.15) is 0 Å². The molecular weight excluding hydrogens is 320 g/mol. The largest absolute Gasteiger partial charge is 0.745 e. The summed E-state index contributed by atoms with van der Waals surface area (Å²) in [4.78, 5) is 0. The summed E-state index contributed by atoms with van der Waals surface area (Å²) >= 11 is 0. The number of aryl methyl sites for hydroxylation is 4. The zero-order valence-electron chi connectivity index (χ0n) is 15.9. The molecule has 0 radical (unpaired) electrons. The second kappa shape index (κ2) is 11.7. The Morgan fingerprint density at radius 1 is 0.783 bits per heavy atom. The predicted octanol–water partition coefficient (Wildman–Crippen LogP) is 6.18. The fourth-order valence-corrected chi connectivity index (χ4v) is 3.45. The van der Waals surface area contributed by atoms with Crippen LogP contribution in [0, 0.1) is 0 Å². The Morgan fingerprint density at radius 3 is 1.70 bits per heavy atom. The summed E-state index contributed by atoms with van der Waals surface area (Å²) < 4.78 is 0. The Kier molecular flexibility index (Phi) is 11.3. The monoisotopic (exact) mass is 354 g/mol. The third-order valence-electron chi connectivity index (χ3n) is 4.75. The van der Waals surface area contributed by atoms with E-state index in [1.807, 2.05) is 0 Å². The van der Waals surface area contributed by atoms with Crippen LogP contribution in [0.1, 0.15) is 74.9 Å². The van der Waals surface area contributed by atoms with Crippen LogP contribution in [0.3, 0.4) is 0 Å². The average molecular weight is 354 g/mol. The summed E-state index contributed by atoms with van der Waals surface area (Å²) in [5, 5.41) is 0. The van der Waals surface area contributed by atoms with Crippen molar-refractivity contribution in [2.24, 2.45) is 0 Å². The molecule has 0 aliphatic carbocycles. The molecule has 0 aromatic heterocycles. The molecule has 0 N–H and O–H groups in total. The van der Waals surface area contributed by atoms with Gasteiger partial charge in [-0.25, -0.2) is 25.3 Å². The van der Waals surface area contributed by atoms with Crippen molar-refractivity contribution in [1.82, 2.24) is 0 Å². The number of hydrogen-bond donors (Lipinski definition) is 0. The van der Waals surface area contributed by atoms with E-state index in [0.29, 0.717) is 0 Å². The van der Waals surface area contributed by atoms with E-state index < -0.39 is 0 Å². The van der Waals surface area contributed by atoms with Gasteiger partial charge in [-0.2, -0.15) is 22.8 Å². The van der Waals surface area contributed by atoms with Gasteiger partial charge in [-0.15, -0.1) is 0 Å². The van der Waals surface area contributed by atoms with Crippen LogP contribution in [-0.4, -0.2) is 0 Å². The summed E-state index contributed by atoms with van der Waals surface area (Å²) in [6.07, 6.45) is 7.12. The molecule has 2 aromatic rings. The zero-order valence-corrected chi connectivity index (χ0v) is 17.0. The minimum absolute atomic E-state index is 0. The SMILES string of the molecule is CC[c-]1[cH-][cH-][c-](CC)[c-]1CC.CCc1cc[c-](CC)c1CC.[Fe]. The number of hydrogen-bond acceptors (Lipinski definition) is 0. The van der Waals surface area contributed by atoms with Crippen molar-refractivity contribution >= 4 is 0 Å². The van der Waals surface area contributed by atoms with Gasteiger partial charge in [-0.05, 0) is 0 Å². The van der Waals surface area contributed by atoms with Gasteiger partial charge in [0.2, 0.25) is 0 Å². The molecule has 0 saturated heterocycles. The van der Waals surface area contributed by atoms with E-state index in [9.17, 15) is 0 Å². The molecule has 0 fully saturated rings. The van der Waals surface area contributed by atoms with E-state index in [0.717, 1.165) is 0 Å². The summed E-state index contributed by atoms with van der Waals surface area (Å²) in [5.41, 5.74) is 9.37. The van der Waals surface area contributed by atoms with Gasteiger partial charge in [0.25, 0.3) is 0 Å². The molecule has 0 amide bonds. The smallest absolute Gasteiger partial charge is 0 e. The van der Waals surface area contributed by atoms with Crippen LogP contribution in [0.15, 0.2) is 24.3 Å². The molecule has 2 aromatic carbocycles. The van der Waals surface area contributed by atoms with Gasteiger partial charge in [-0.1, -0.05) is 60.8 Å². The maximum absolute atomic E-state index is 2.28. The van der Waals surface area contributed by atoms with E-state index in [1.165, 1.54) is 38.5 Å². The quantitative estimate of drug-likeness (QED) is 0.429. The van der Waals surface area contributed by atoms with Gasteiger partial charge in [0, 0.05) is 17.1 Å². The van der Waals surface area contributed by atoms with Crippen LogP contribution < -0.4 is 0 Å². The first-order valence-electron chi connectivity index (χ1n) is 9.19. The number of rotatable bonds is 6. The third kappa shape index (κ3) is 5.66. The molecule has 0 unspecified atom stereocenters. The first-order chi connectivity index (χ1) is 10.7. The van der Waals surface area contributed by atoms with E-state index >= 15 is 0 Å². The van der Waals surface area contributed by atoms with Crippen LogP contribution in [0.25, 0.3) is 0 Å². The van der Waals surface area contributed by atoms with Gasteiger partial charge in [0.05, 0.1) is 0 Å². The van der Waals surface area contributed by atoms with Crippen LogP contribution in [0.4, 0.5) is 0 Å². The standard InChI is InChI=1S/2C11H17.Fe/c2*1-4-9-7-8-10(5-2)11(9)6-3;/h2*7-8H,4-6H2,1-3H3;/q-5;-1;. The Hall–Kier alpha value is -0.781. The summed E-state index contributed by atoms with van der Waals surface area (Å²) in [6.45, 7) is 13.4. The maximum Gasteiger partial charge on any atom is 0 e. The Bertz CT molecular complexity index is 449. The zero-order chi connectivity index (χ0) is 16.5. The van der Waals surface area contributed by atoms with Crippen molar-refractivity contribution in [3.8, 4) is 0 Å². The van der Waals surface area contributed by atoms with E-state index in [-0.39, 0.29) is 17.1 Å². The molecule has 0 aliphatic heterocycles. The predicted molar refractivity (Wildman–Crippen MR) is 100 cm³/mol. The van der Waals surface area contributed by atoms with Crippen LogP contribution in [-0.2, 0) is 55.6 Å². The molecule has 0 atom stereocenters. The molecule has 0 heterocycles. The summed E-state index contributed by atoms with van der Waals surface area (Å²) in [6, 6.07) is 9.10. The minimum Gasteiger partial charge on any atom is -0.745 e. The normalized spacial score (nSPS) is 10.0. The fraction of sp³-hybridized carbons (Fsp3) is 0.545. The molecule has 2 rings (SSSR count). The van der Waals surface area contributed by atoms with Gasteiger partial charge in [-0.3, -0.25) is 0 Å². The minimum atomic E-state index is 0. The first kappa shape index (κ1) is 22.2. The molecule has 0 spiro atoms. The van der Waals surface area contributed by atoms with Crippen molar-refractivity contribution in [1.29, 1.82) is 0 Å². The van der Waals surface area contributed by atoms with Gasteiger partial charge in [0.15, 0.2) is 0 Å². The molecule has 0 nitrogen and oxygen atoms in total. The molecule has 0 aliphatic rings. The topological polar surface area (TPSA) is 0 Å². The molecule has 1 heteroatoms. The van der Waals surface area contributed by atoms with Crippen molar-refractivity contribution < 1.29 is 17.1 Å². The maximum atomic E-state index is 2.28. The summed E-state index contributed by atoms with van der Waals surface area (Å²) in [7, 11) is 0. The average Bonchev–Trinajstić information content (AvgIpc) is 3.16. The first-order valence-corrected chi connectivity index (χ1v) is 9.19. The van der Waals surface area contributed by atoms with Crippen molar-refractivity contribution in [3.05, 3.63) is 57.6 Å². The summed E-state index contributed by atoms with van der Waals surface area (Å²) in [5.74, 6) is 0. The molecule has 23 heavy (non-hydrogen) atoms. The van der Waals surface area contributed by atoms with E-state index in [1.54, 1.807) is 33.4 Å². The molecular formula is C22H34Fe-6. The van der Waals surface area contributed by atoms with Crippen LogP contribution >= 0.6 is 0 Å². The fourth-order valence-electron chi connectivity index (χ4n) is 3.45. The molecule has 0 bridgehead atoms. The second-order valence-corrected chi connectivity index (χ2v) is 5.85. The van der Waals surface area contributed by atoms with Gasteiger partial charge < -0.3 is 28.8 Å². The van der Waals surface area contributed by atoms with Gasteiger partial charge >= 0.3 is 0 Å². The van der Waals surface area contributed by atoms with E-state index in [2.05, 4.69) is 65.8 Å². The van der Waals surface area contributed by atoms with Crippen molar-refractivity contribution in [3.63, 3.8) is 0 Å². The Morgan fingerprint density at radius 2 is 1.35 bits per heavy atom. The molecule has 0 saturated carbocycles. The third-order valence-corrected chi connectivity index (χ3v) is 4.75. The van der Waals surface area contributed by atoms with Crippen molar-refractivity contribution in [2.45, 2.75) is 80.1 Å². The Labute approximate surface area is 154 Å². The van der Waals surface area contributed by atoms with Crippen molar-refractivity contribution in [2.75, 3.05) is 0 Å². The second-order valence-electron chi connectivity index (χ2n) is 5.85.